The van der Waals surface area contributed by atoms with Crippen LogP contribution in [0.15, 0.2) is 84.9 Å². The van der Waals surface area contributed by atoms with Crippen molar-refractivity contribution in [3.8, 4) is 23.3 Å². The van der Waals surface area contributed by atoms with Crippen molar-refractivity contribution in [1.29, 1.82) is 0 Å². The summed E-state index contributed by atoms with van der Waals surface area (Å²) in [5.41, 5.74) is 2.97. The van der Waals surface area contributed by atoms with Crippen molar-refractivity contribution in [1.82, 2.24) is 15.2 Å². The minimum atomic E-state index is -0.241. The number of hydrogen-bond donors (Lipinski definition) is 4. The summed E-state index contributed by atoms with van der Waals surface area (Å²) in [6, 6.07) is 26.2. The van der Waals surface area contributed by atoms with E-state index >= 15 is 0 Å². The zero-order chi connectivity index (χ0) is 29.9. The number of nitrogens with one attached hydrogen (secondary N) is 2. The van der Waals surface area contributed by atoms with Gasteiger partial charge in [0.25, 0.3) is 0 Å². The number of ether oxygens (including phenoxy) is 3. The molecule has 0 amide bonds. The molecule has 1 unspecified atom stereocenters. The summed E-state index contributed by atoms with van der Waals surface area (Å²) < 4.78 is 32.5. The molecule has 1 aliphatic heterocycles. The van der Waals surface area contributed by atoms with Crippen molar-refractivity contribution in [3.63, 3.8) is 0 Å². The summed E-state index contributed by atoms with van der Waals surface area (Å²) in [6.07, 6.45) is 1.77. The summed E-state index contributed by atoms with van der Waals surface area (Å²) in [6.45, 7) is 4.54. The molecule has 1 aromatic heterocycles. The Hall–Kier alpha value is -4.05. The zero-order valence-electron chi connectivity index (χ0n) is 24.3. The van der Waals surface area contributed by atoms with Gasteiger partial charge in [-0.1, -0.05) is 42.5 Å². The lowest BCUT2D eigenvalue weighted by atomic mass is 9.86. The molecule has 1 saturated heterocycles. The summed E-state index contributed by atoms with van der Waals surface area (Å²) >= 11 is 0. The average molecular weight is 590 g/mol. The molecular formula is C34H40FN3O5. The first-order valence-electron chi connectivity index (χ1n) is 14.8. The molecule has 4 aromatic rings. The molecule has 0 radical (unpaired) electrons. The molecule has 9 heteroatoms. The second kappa shape index (κ2) is 15.4. The fourth-order valence-corrected chi connectivity index (χ4v) is 5.36. The number of aromatic nitrogens is 1. The first-order valence-corrected chi connectivity index (χ1v) is 14.8. The Morgan fingerprint density at radius 3 is 2.47 bits per heavy atom. The molecule has 0 spiro atoms. The topological polar surface area (TPSA) is 97.1 Å². The van der Waals surface area contributed by atoms with Crippen LogP contribution in [0.3, 0.4) is 0 Å². The molecule has 0 bridgehead atoms. The van der Waals surface area contributed by atoms with E-state index < -0.39 is 0 Å². The van der Waals surface area contributed by atoms with Crippen molar-refractivity contribution in [2.24, 2.45) is 0 Å². The van der Waals surface area contributed by atoms with Gasteiger partial charge < -0.3 is 35.1 Å². The van der Waals surface area contributed by atoms with Gasteiger partial charge in [0.15, 0.2) is 11.8 Å². The van der Waals surface area contributed by atoms with Crippen LogP contribution in [0.1, 0.15) is 35.4 Å². The molecule has 0 saturated carbocycles. The van der Waals surface area contributed by atoms with Gasteiger partial charge in [0, 0.05) is 49.2 Å². The van der Waals surface area contributed by atoms with Crippen LogP contribution in [0.5, 0.6) is 23.3 Å². The highest BCUT2D eigenvalue weighted by Crippen LogP contribution is 2.28. The highest BCUT2D eigenvalue weighted by molar-refractivity contribution is 5.32. The quantitative estimate of drug-likeness (QED) is 0.139. The van der Waals surface area contributed by atoms with Gasteiger partial charge in [0.2, 0.25) is 0 Å². The molecule has 2 atom stereocenters. The third-order valence-electron chi connectivity index (χ3n) is 7.69. The largest absolute Gasteiger partial charge is 0.494 e. The van der Waals surface area contributed by atoms with Gasteiger partial charge in [0.05, 0.1) is 26.4 Å². The predicted molar refractivity (Wildman–Crippen MR) is 163 cm³/mol. The van der Waals surface area contributed by atoms with Crippen LogP contribution < -0.4 is 20.1 Å². The third kappa shape index (κ3) is 8.73. The van der Waals surface area contributed by atoms with Crippen LogP contribution in [0.4, 0.5) is 4.39 Å². The van der Waals surface area contributed by atoms with Crippen LogP contribution in [0.25, 0.3) is 0 Å². The van der Waals surface area contributed by atoms with E-state index in [1.807, 2.05) is 36.4 Å². The summed E-state index contributed by atoms with van der Waals surface area (Å²) in [5, 5.41) is 26.8. The summed E-state index contributed by atoms with van der Waals surface area (Å²) in [7, 11) is 0. The van der Waals surface area contributed by atoms with E-state index in [0.29, 0.717) is 44.4 Å². The molecule has 3 aromatic carbocycles. The predicted octanol–water partition coefficient (Wildman–Crippen LogP) is 5.34. The third-order valence-corrected chi connectivity index (χ3v) is 7.69. The highest BCUT2D eigenvalue weighted by Gasteiger charge is 2.26. The van der Waals surface area contributed by atoms with Crippen molar-refractivity contribution in [2.45, 2.75) is 44.5 Å². The van der Waals surface area contributed by atoms with E-state index in [4.69, 9.17) is 14.2 Å². The van der Waals surface area contributed by atoms with E-state index in [-0.39, 0.29) is 30.2 Å². The molecule has 0 aliphatic carbocycles. The van der Waals surface area contributed by atoms with E-state index in [2.05, 4.69) is 28.8 Å². The maximum absolute atomic E-state index is 13.7. The molecule has 228 valence electrons. The Morgan fingerprint density at radius 1 is 0.860 bits per heavy atom. The smallest absolute Gasteiger partial charge is 0.193 e. The van der Waals surface area contributed by atoms with Crippen LogP contribution in [0, 0.1) is 5.82 Å². The van der Waals surface area contributed by atoms with Crippen molar-refractivity contribution in [2.75, 3.05) is 32.9 Å². The molecule has 4 N–H and O–H groups in total. The second-order valence-corrected chi connectivity index (χ2v) is 10.7. The van der Waals surface area contributed by atoms with Gasteiger partial charge in [-0.15, -0.1) is 0 Å². The first-order chi connectivity index (χ1) is 21.1. The fourth-order valence-electron chi connectivity index (χ4n) is 5.36. The number of nitrogens with zero attached hydrogens (tertiary/aromatic N) is 1. The molecule has 8 nitrogen and oxygen atoms in total. The van der Waals surface area contributed by atoms with E-state index in [1.54, 1.807) is 12.1 Å². The zero-order valence-corrected chi connectivity index (χ0v) is 24.3. The van der Waals surface area contributed by atoms with Gasteiger partial charge in [-0.05, 0) is 54.4 Å². The molecular weight excluding hydrogens is 549 g/mol. The minimum absolute atomic E-state index is 0.0109. The Balaban J connectivity index is 1.05. The van der Waals surface area contributed by atoms with Gasteiger partial charge >= 0.3 is 0 Å². The Morgan fingerprint density at radius 2 is 1.65 bits per heavy atom. The number of rotatable bonds is 15. The normalized spacial score (nSPS) is 16.7. The maximum atomic E-state index is 13.7. The number of piperidine rings is 1. The lowest BCUT2D eigenvalue weighted by molar-refractivity contribution is 0.105. The minimum Gasteiger partial charge on any atom is -0.494 e. The number of aromatic hydroxyl groups is 2. The lowest BCUT2D eigenvalue weighted by Crippen LogP contribution is -2.47. The van der Waals surface area contributed by atoms with Gasteiger partial charge in [-0.25, -0.2) is 4.39 Å². The fraction of sp³-hybridized carbons (Fsp3) is 0.353. The van der Waals surface area contributed by atoms with Crippen molar-refractivity contribution < 1.29 is 28.8 Å². The van der Waals surface area contributed by atoms with Crippen molar-refractivity contribution >= 4 is 0 Å². The Labute approximate surface area is 252 Å². The highest BCUT2D eigenvalue weighted by atomic mass is 19.1. The molecule has 5 rings (SSSR count). The molecule has 2 heterocycles. The monoisotopic (exact) mass is 589 g/mol. The lowest BCUT2D eigenvalue weighted by Gasteiger charge is -2.33. The van der Waals surface area contributed by atoms with Crippen LogP contribution in [0.2, 0.25) is 0 Å². The molecule has 1 aliphatic rings. The first kappa shape index (κ1) is 30.4. The Bertz CT molecular complexity index is 1410. The van der Waals surface area contributed by atoms with Crippen LogP contribution in [-0.4, -0.2) is 53.7 Å². The molecule has 1 fully saturated rings. The van der Waals surface area contributed by atoms with Crippen molar-refractivity contribution in [3.05, 3.63) is 107 Å². The van der Waals surface area contributed by atoms with E-state index in [0.717, 1.165) is 43.0 Å². The van der Waals surface area contributed by atoms with Crippen LogP contribution in [-0.2, 0) is 24.4 Å². The summed E-state index contributed by atoms with van der Waals surface area (Å²) in [4.78, 5) is 0. The van der Waals surface area contributed by atoms with Gasteiger partial charge in [-0.2, -0.15) is 0 Å². The second-order valence-electron chi connectivity index (χ2n) is 10.7. The summed E-state index contributed by atoms with van der Waals surface area (Å²) in [5.74, 6) is 1.73. The van der Waals surface area contributed by atoms with E-state index in [1.165, 1.54) is 28.3 Å². The van der Waals surface area contributed by atoms with Gasteiger partial charge in [-0.3, -0.25) is 4.57 Å². The maximum Gasteiger partial charge on any atom is 0.193 e. The van der Waals surface area contributed by atoms with Crippen LogP contribution >= 0.6 is 0 Å². The standard InChI is InChI=1S/C34H40FN3O5/c35-31-8-2-1-6-27(31)24-41-18-4-19-42-28-11-9-26(10-12-28)30-15-16-36-23-32(30)37-22-25-5-3-7-29(21-25)43-20-17-38-33(39)13-14-34(38)40/h1-3,5-14,21,30,32,36-37,39-40H,4,15-20,22-24H2/t30?,32-/m1/s1. The Kier molecular flexibility index (Phi) is 10.9. The number of halogens is 1. The van der Waals surface area contributed by atoms with E-state index in [9.17, 15) is 14.6 Å². The number of hydrogen-bond acceptors (Lipinski definition) is 7. The van der Waals surface area contributed by atoms with Gasteiger partial charge in [0.1, 0.15) is 23.9 Å². The average Bonchev–Trinajstić information content (AvgIpc) is 3.35. The SMILES string of the molecule is Oc1ccc(O)n1CCOc1cccc(CN[C@@H]2CNCCC2c2ccc(OCCCOCc3ccccc3F)cc2)c1. The number of benzene rings is 3. The molecule has 43 heavy (non-hydrogen) atoms.